The summed E-state index contributed by atoms with van der Waals surface area (Å²) in [5, 5.41) is 29.6. The Balaban J connectivity index is 0.000000359. The molecule has 2 aliphatic rings. The molecule has 0 bridgehead atoms. The van der Waals surface area contributed by atoms with E-state index in [2.05, 4.69) is 85.0 Å². The molecule has 12 nitrogen and oxygen atoms in total. The third-order valence-corrected chi connectivity index (χ3v) is 7.17. The summed E-state index contributed by atoms with van der Waals surface area (Å²) in [4.78, 5) is 44.1. The first-order chi connectivity index (χ1) is 20.4. The van der Waals surface area contributed by atoms with Crippen molar-refractivity contribution in [1.29, 1.82) is 0 Å². The van der Waals surface area contributed by atoms with E-state index in [0.29, 0.717) is 5.92 Å². The van der Waals surface area contributed by atoms with Crippen LogP contribution < -0.4 is 0 Å². The smallest absolute Gasteiger partial charge is 0.414 e. The third-order valence-electron chi connectivity index (χ3n) is 7.17. The van der Waals surface area contributed by atoms with E-state index in [9.17, 15) is 0 Å². The van der Waals surface area contributed by atoms with Crippen molar-refractivity contribution in [2.45, 2.75) is 57.8 Å². The van der Waals surface area contributed by atoms with Gasteiger partial charge in [-0.05, 0) is 43.4 Å². The quantitative estimate of drug-likeness (QED) is 0.323. The molecule has 1 atom stereocenters. The molecule has 1 unspecified atom stereocenters. The van der Waals surface area contributed by atoms with Gasteiger partial charge in [0.05, 0.1) is 11.8 Å². The van der Waals surface area contributed by atoms with Gasteiger partial charge >= 0.3 is 23.9 Å². The minimum atomic E-state index is -1.82. The summed E-state index contributed by atoms with van der Waals surface area (Å²) >= 11 is 0. The van der Waals surface area contributed by atoms with Crippen molar-refractivity contribution in [2.75, 3.05) is 20.1 Å². The van der Waals surface area contributed by atoms with Crippen molar-refractivity contribution in [3.05, 3.63) is 77.2 Å². The molecule has 0 amide bonds. The lowest BCUT2D eigenvalue weighted by Gasteiger charge is -2.32. The number of carboxylic acids is 4. The number of hydrogen-bond donors (Lipinski definition) is 4. The largest absolute Gasteiger partial charge is 0.473 e. The average molecular weight is 596 g/mol. The van der Waals surface area contributed by atoms with Crippen molar-refractivity contribution in [2.24, 2.45) is 0 Å². The highest BCUT2D eigenvalue weighted by molar-refractivity contribution is 6.27. The fraction of sp³-hybridized carbons (Fsp3) is 0.387. The van der Waals surface area contributed by atoms with Crippen LogP contribution in [0.4, 0.5) is 0 Å². The van der Waals surface area contributed by atoms with Crippen LogP contribution in [-0.2, 0) is 36.9 Å². The number of aromatic nitrogens is 2. The summed E-state index contributed by atoms with van der Waals surface area (Å²) in [6.07, 6.45) is 3.35. The Hall–Kier alpha value is -4.55. The summed E-state index contributed by atoms with van der Waals surface area (Å²) in [6.45, 7) is 7.70. The molecule has 0 radical (unpaired) electrons. The molecule has 5 rings (SSSR count). The molecule has 1 aromatic heterocycles. The van der Waals surface area contributed by atoms with E-state index in [0.717, 1.165) is 50.4 Å². The minimum Gasteiger partial charge on any atom is -0.473 e. The molecule has 2 aromatic carbocycles. The van der Waals surface area contributed by atoms with Gasteiger partial charge in [0, 0.05) is 30.9 Å². The molecule has 43 heavy (non-hydrogen) atoms. The number of piperidine rings is 1. The highest BCUT2D eigenvalue weighted by Gasteiger charge is 2.33. The Kier molecular flexibility index (Phi) is 11.6. The first-order valence-corrected chi connectivity index (χ1v) is 13.9. The highest BCUT2D eigenvalue weighted by Crippen LogP contribution is 2.39. The van der Waals surface area contributed by atoms with Crippen LogP contribution in [-0.4, -0.2) is 85.0 Å². The number of likely N-dealkylation sites (tertiary alicyclic amines) is 1. The van der Waals surface area contributed by atoms with E-state index >= 15 is 0 Å². The number of carboxylic acid groups (broad SMARTS) is 4. The average Bonchev–Trinajstić information content (AvgIpc) is 3.30. The van der Waals surface area contributed by atoms with E-state index in [1.54, 1.807) is 0 Å². The summed E-state index contributed by atoms with van der Waals surface area (Å²) in [6, 6.07) is 19.4. The molecule has 2 aliphatic heterocycles. The maximum Gasteiger partial charge on any atom is 0.414 e. The van der Waals surface area contributed by atoms with E-state index < -0.39 is 23.9 Å². The molecular formula is C31H37N3O9. The lowest BCUT2D eigenvalue weighted by atomic mass is 9.99. The summed E-state index contributed by atoms with van der Waals surface area (Å²) in [7, 11) is 2.20. The zero-order valence-corrected chi connectivity index (χ0v) is 24.3. The van der Waals surface area contributed by atoms with E-state index in [4.69, 9.17) is 49.3 Å². The molecule has 230 valence electrons. The first-order valence-electron chi connectivity index (χ1n) is 13.9. The zero-order chi connectivity index (χ0) is 31.7. The Bertz CT molecular complexity index is 1380. The summed E-state index contributed by atoms with van der Waals surface area (Å²) in [5.74, 6) is -5.83. The van der Waals surface area contributed by atoms with Gasteiger partial charge in [-0.25, -0.2) is 24.2 Å². The van der Waals surface area contributed by atoms with Gasteiger partial charge in [-0.3, -0.25) is 0 Å². The van der Waals surface area contributed by atoms with Crippen molar-refractivity contribution < 1.29 is 44.3 Å². The number of rotatable bonds is 4. The highest BCUT2D eigenvalue weighted by atomic mass is 16.5. The monoisotopic (exact) mass is 595 g/mol. The maximum atomic E-state index is 9.10. The van der Waals surface area contributed by atoms with Crippen LogP contribution in [0.25, 0.3) is 11.3 Å². The fourth-order valence-electron chi connectivity index (χ4n) is 5.15. The van der Waals surface area contributed by atoms with Gasteiger partial charge in [0.25, 0.3) is 0 Å². The standard InChI is InChI=1S/C27H33N3O.2C2H2O4/c1-19(2)25-24(21-10-5-4-6-11-21)28-27-26(31-22-14-16-29(3)17-15-22)23-12-8-7-9-20(23)13-18-30(25)27;2*3-1(4)2(5)6/h4-12,19,22,26H,13-18H2,1-3H3;2*(H,3,4)(H,5,6). The molecule has 3 aromatic rings. The number of imidazole rings is 1. The van der Waals surface area contributed by atoms with Crippen molar-refractivity contribution >= 4 is 23.9 Å². The Labute approximate surface area is 249 Å². The lowest BCUT2D eigenvalue weighted by Crippen LogP contribution is -2.35. The normalized spacial score (nSPS) is 16.3. The number of hydrogen-bond acceptors (Lipinski definition) is 7. The van der Waals surface area contributed by atoms with Crippen molar-refractivity contribution in [3.8, 4) is 11.3 Å². The van der Waals surface area contributed by atoms with E-state index in [-0.39, 0.29) is 12.2 Å². The molecule has 0 saturated carbocycles. The van der Waals surface area contributed by atoms with Crippen molar-refractivity contribution in [1.82, 2.24) is 14.5 Å². The molecule has 4 N–H and O–H groups in total. The second-order valence-electron chi connectivity index (χ2n) is 10.6. The fourth-order valence-corrected chi connectivity index (χ4v) is 5.15. The van der Waals surface area contributed by atoms with E-state index in [1.807, 2.05) is 0 Å². The van der Waals surface area contributed by atoms with Gasteiger partial charge in [0.2, 0.25) is 0 Å². The predicted octanol–water partition coefficient (Wildman–Crippen LogP) is 3.74. The predicted molar refractivity (Wildman–Crippen MR) is 156 cm³/mol. The number of aryl methyl sites for hydroxylation is 1. The van der Waals surface area contributed by atoms with Gasteiger partial charge in [0.15, 0.2) is 0 Å². The summed E-state index contributed by atoms with van der Waals surface area (Å²) in [5.41, 5.74) is 6.31. The number of aliphatic carboxylic acids is 4. The molecule has 0 spiro atoms. The number of fused-ring (bicyclic) bond motifs is 2. The number of ether oxygens (including phenoxy) is 1. The second kappa shape index (κ2) is 15.1. The molecule has 1 fully saturated rings. The van der Waals surface area contributed by atoms with Crippen LogP contribution in [0.3, 0.4) is 0 Å². The van der Waals surface area contributed by atoms with E-state index in [1.165, 1.54) is 22.4 Å². The van der Waals surface area contributed by atoms with Crippen molar-refractivity contribution in [3.63, 3.8) is 0 Å². The number of carbonyl (C=O) groups is 4. The van der Waals surface area contributed by atoms with Crippen LogP contribution in [0, 0.1) is 0 Å². The summed E-state index contributed by atoms with van der Waals surface area (Å²) < 4.78 is 9.35. The first kappa shape index (κ1) is 33.0. The van der Waals surface area contributed by atoms with Crippen LogP contribution in [0.2, 0.25) is 0 Å². The number of benzene rings is 2. The molecule has 3 heterocycles. The second-order valence-corrected chi connectivity index (χ2v) is 10.6. The minimum absolute atomic E-state index is 0.109. The van der Waals surface area contributed by atoms with Crippen LogP contribution in [0.1, 0.15) is 61.4 Å². The molecular weight excluding hydrogens is 558 g/mol. The Morgan fingerprint density at radius 1 is 0.814 bits per heavy atom. The van der Waals surface area contributed by atoms with Crippen LogP contribution >= 0.6 is 0 Å². The molecule has 12 heteroatoms. The Morgan fingerprint density at radius 2 is 1.35 bits per heavy atom. The van der Waals surface area contributed by atoms with Gasteiger partial charge in [-0.1, -0.05) is 68.4 Å². The van der Waals surface area contributed by atoms with Gasteiger partial charge in [-0.2, -0.15) is 0 Å². The topological polar surface area (TPSA) is 179 Å². The lowest BCUT2D eigenvalue weighted by molar-refractivity contribution is -0.159. The van der Waals surface area contributed by atoms with Gasteiger partial charge in [0.1, 0.15) is 11.9 Å². The third kappa shape index (κ3) is 8.72. The Morgan fingerprint density at radius 3 is 1.88 bits per heavy atom. The number of nitrogens with zero attached hydrogens (tertiary/aromatic N) is 3. The molecule has 0 aliphatic carbocycles. The van der Waals surface area contributed by atoms with Gasteiger partial charge in [-0.15, -0.1) is 0 Å². The van der Waals surface area contributed by atoms with Crippen LogP contribution in [0.15, 0.2) is 54.6 Å². The molecule has 1 saturated heterocycles. The van der Waals surface area contributed by atoms with Gasteiger partial charge < -0.3 is 34.6 Å². The maximum absolute atomic E-state index is 9.10. The SMILES string of the molecule is CC(C)c1c(-c2ccccc2)nc2n1CCc1ccccc1C2OC1CCN(C)CC1.O=C(O)C(=O)O.O=C(O)C(=O)O. The van der Waals surface area contributed by atoms with Crippen LogP contribution in [0.5, 0.6) is 0 Å². The zero-order valence-electron chi connectivity index (χ0n) is 24.3.